The van der Waals surface area contributed by atoms with Crippen LogP contribution in [0.1, 0.15) is 0 Å². The Kier molecular flexibility index (Phi) is 4.63. The SMILES string of the molecule is OCC1OC(Oc2c(O)ccc3c2ccc2ccccc23)C(O)C(O)C1O. The third kappa shape index (κ3) is 2.99. The Balaban J connectivity index is 1.77. The first-order chi connectivity index (χ1) is 13.0. The van der Waals surface area contributed by atoms with Gasteiger partial charge >= 0.3 is 0 Å². The summed E-state index contributed by atoms with van der Waals surface area (Å²) in [7, 11) is 0. The van der Waals surface area contributed by atoms with Crippen molar-refractivity contribution in [2.24, 2.45) is 0 Å². The van der Waals surface area contributed by atoms with E-state index in [9.17, 15) is 25.5 Å². The molecule has 5 atom stereocenters. The Labute approximate surface area is 154 Å². The Morgan fingerprint density at radius 2 is 1.56 bits per heavy atom. The van der Waals surface area contributed by atoms with Crippen molar-refractivity contribution in [1.82, 2.24) is 0 Å². The molecule has 1 heterocycles. The van der Waals surface area contributed by atoms with Crippen molar-refractivity contribution in [2.45, 2.75) is 30.7 Å². The van der Waals surface area contributed by atoms with Crippen LogP contribution in [0.5, 0.6) is 11.5 Å². The van der Waals surface area contributed by atoms with Crippen LogP contribution in [0.2, 0.25) is 0 Å². The molecule has 3 aromatic rings. The van der Waals surface area contributed by atoms with Gasteiger partial charge in [0, 0.05) is 5.39 Å². The third-order valence-corrected chi connectivity index (χ3v) is 4.94. The molecule has 7 heteroatoms. The molecule has 0 spiro atoms. The normalized spacial score (nSPS) is 28.5. The topological polar surface area (TPSA) is 120 Å². The Bertz CT molecular complexity index is 971. The fourth-order valence-electron chi connectivity index (χ4n) is 3.45. The second kappa shape index (κ2) is 6.95. The van der Waals surface area contributed by atoms with E-state index in [-0.39, 0.29) is 11.5 Å². The van der Waals surface area contributed by atoms with Crippen LogP contribution in [-0.2, 0) is 4.74 Å². The lowest BCUT2D eigenvalue weighted by atomic mass is 9.99. The minimum atomic E-state index is -1.56. The van der Waals surface area contributed by atoms with Crippen LogP contribution in [0.3, 0.4) is 0 Å². The fourth-order valence-corrected chi connectivity index (χ4v) is 3.45. The van der Waals surface area contributed by atoms with Crippen molar-refractivity contribution in [3.8, 4) is 11.5 Å². The number of aliphatic hydroxyl groups is 4. The number of benzene rings is 3. The quantitative estimate of drug-likeness (QED) is 0.433. The standard InChI is InChI=1S/C20H20O7/c21-9-15-16(23)17(24)18(25)20(26-15)27-19-13-6-5-10-3-1-2-4-11(10)12(13)7-8-14(19)22/h1-8,15-18,20-25H,9H2. The van der Waals surface area contributed by atoms with E-state index in [1.165, 1.54) is 6.07 Å². The van der Waals surface area contributed by atoms with Gasteiger partial charge in [-0.3, -0.25) is 0 Å². The second-order valence-electron chi connectivity index (χ2n) is 6.61. The summed E-state index contributed by atoms with van der Waals surface area (Å²) in [5.41, 5.74) is 0. The van der Waals surface area contributed by atoms with Crippen LogP contribution in [0, 0.1) is 0 Å². The highest BCUT2D eigenvalue weighted by molar-refractivity contribution is 6.10. The minimum Gasteiger partial charge on any atom is -0.504 e. The highest BCUT2D eigenvalue weighted by atomic mass is 16.7. The lowest BCUT2D eigenvalue weighted by molar-refractivity contribution is -0.277. The van der Waals surface area contributed by atoms with E-state index in [2.05, 4.69) is 0 Å². The Morgan fingerprint density at radius 3 is 2.33 bits per heavy atom. The fraction of sp³-hybridized carbons (Fsp3) is 0.300. The van der Waals surface area contributed by atoms with Gasteiger partial charge in [-0.05, 0) is 34.4 Å². The number of rotatable bonds is 3. The molecule has 1 saturated heterocycles. The van der Waals surface area contributed by atoms with Crippen molar-refractivity contribution >= 4 is 21.5 Å². The summed E-state index contributed by atoms with van der Waals surface area (Å²) in [5, 5.41) is 53.1. The molecule has 1 aliphatic rings. The van der Waals surface area contributed by atoms with Gasteiger partial charge in [-0.1, -0.05) is 30.3 Å². The predicted molar refractivity (Wildman–Crippen MR) is 97.5 cm³/mol. The summed E-state index contributed by atoms with van der Waals surface area (Å²) in [6, 6.07) is 14.7. The number of phenols is 1. The van der Waals surface area contributed by atoms with Crippen LogP contribution < -0.4 is 4.74 Å². The first-order valence-corrected chi connectivity index (χ1v) is 8.62. The first kappa shape index (κ1) is 18.0. The number of aromatic hydroxyl groups is 1. The number of phenolic OH excluding ortho intramolecular Hbond substituents is 1. The third-order valence-electron chi connectivity index (χ3n) is 4.94. The summed E-state index contributed by atoms with van der Waals surface area (Å²) in [4.78, 5) is 0. The monoisotopic (exact) mass is 372 g/mol. The van der Waals surface area contributed by atoms with Crippen LogP contribution in [0.25, 0.3) is 21.5 Å². The summed E-state index contributed by atoms with van der Waals surface area (Å²) in [5.74, 6) is -0.0719. The van der Waals surface area contributed by atoms with Gasteiger partial charge in [0.2, 0.25) is 6.29 Å². The molecule has 27 heavy (non-hydrogen) atoms. The lowest BCUT2D eigenvalue weighted by Crippen LogP contribution is -2.60. The largest absolute Gasteiger partial charge is 0.504 e. The lowest BCUT2D eigenvalue weighted by Gasteiger charge is -2.39. The first-order valence-electron chi connectivity index (χ1n) is 8.62. The molecule has 5 unspecified atom stereocenters. The maximum Gasteiger partial charge on any atom is 0.229 e. The second-order valence-corrected chi connectivity index (χ2v) is 6.61. The molecule has 142 valence electrons. The molecular weight excluding hydrogens is 352 g/mol. The average molecular weight is 372 g/mol. The van der Waals surface area contributed by atoms with Gasteiger partial charge in [-0.25, -0.2) is 0 Å². The van der Waals surface area contributed by atoms with Crippen molar-refractivity contribution in [1.29, 1.82) is 0 Å². The number of aliphatic hydroxyl groups excluding tert-OH is 4. The molecule has 1 fully saturated rings. The summed E-state index contributed by atoms with van der Waals surface area (Å²) in [6.07, 6.45) is -7.05. The minimum absolute atomic E-state index is 0.0857. The maximum absolute atomic E-state index is 10.3. The van der Waals surface area contributed by atoms with E-state index in [1.54, 1.807) is 12.1 Å². The highest BCUT2D eigenvalue weighted by Crippen LogP contribution is 2.39. The van der Waals surface area contributed by atoms with Crippen LogP contribution in [0.4, 0.5) is 0 Å². The van der Waals surface area contributed by atoms with Gasteiger partial charge in [0.15, 0.2) is 11.5 Å². The molecule has 0 radical (unpaired) electrons. The molecule has 0 bridgehead atoms. The summed E-state index contributed by atoms with van der Waals surface area (Å²) in [6.45, 7) is -0.559. The highest BCUT2D eigenvalue weighted by Gasteiger charge is 2.45. The summed E-state index contributed by atoms with van der Waals surface area (Å²) < 4.78 is 11.1. The van der Waals surface area contributed by atoms with Crippen molar-refractivity contribution in [2.75, 3.05) is 6.61 Å². The van der Waals surface area contributed by atoms with E-state index in [1.807, 2.05) is 30.3 Å². The molecule has 0 aliphatic carbocycles. The molecule has 0 amide bonds. The zero-order chi connectivity index (χ0) is 19.1. The molecule has 1 aliphatic heterocycles. The van der Waals surface area contributed by atoms with Gasteiger partial charge in [-0.15, -0.1) is 0 Å². The molecule has 4 rings (SSSR count). The van der Waals surface area contributed by atoms with E-state index < -0.39 is 37.3 Å². The van der Waals surface area contributed by atoms with E-state index in [0.29, 0.717) is 5.39 Å². The van der Waals surface area contributed by atoms with Crippen molar-refractivity contribution in [3.05, 3.63) is 48.5 Å². The molecule has 5 N–H and O–H groups in total. The maximum atomic E-state index is 10.3. The number of hydrogen-bond donors (Lipinski definition) is 5. The van der Waals surface area contributed by atoms with Gasteiger partial charge < -0.3 is 35.0 Å². The zero-order valence-corrected chi connectivity index (χ0v) is 14.3. The molecule has 0 saturated carbocycles. The predicted octanol–water partition coefficient (Wildman–Crippen LogP) is 0.877. The van der Waals surface area contributed by atoms with Gasteiger partial charge in [0.25, 0.3) is 0 Å². The van der Waals surface area contributed by atoms with Crippen LogP contribution in [0.15, 0.2) is 48.5 Å². The molecule has 7 nitrogen and oxygen atoms in total. The van der Waals surface area contributed by atoms with E-state index in [0.717, 1.165) is 16.2 Å². The Morgan fingerprint density at radius 1 is 0.815 bits per heavy atom. The number of hydrogen-bond acceptors (Lipinski definition) is 7. The van der Waals surface area contributed by atoms with E-state index >= 15 is 0 Å². The zero-order valence-electron chi connectivity index (χ0n) is 14.3. The van der Waals surface area contributed by atoms with Crippen molar-refractivity contribution in [3.63, 3.8) is 0 Å². The Hall–Kier alpha value is -2.42. The van der Waals surface area contributed by atoms with Crippen molar-refractivity contribution < 1.29 is 35.0 Å². The average Bonchev–Trinajstić information content (AvgIpc) is 2.69. The number of ether oxygens (including phenoxy) is 2. The van der Waals surface area contributed by atoms with Crippen LogP contribution in [-0.4, -0.2) is 62.8 Å². The summed E-state index contributed by atoms with van der Waals surface area (Å²) >= 11 is 0. The van der Waals surface area contributed by atoms with E-state index in [4.69, 9.17) is 9.47 Å². The van der Waals surface area contributed by atoms with Gasteiger partial charge in [0.05, 0.1) is 6.61 Å². The molecule has 0 aromatic heterocycles. The molecule has 3 aromatic carbocycles. The number of fused-ring (bicyclic) bond motifs is 3. The van der Waals surface area contributed by atoms with Gasteiger partial charge in [-0.2, -0.15) is 0 Å². The van der Waals surface area contributed by atoms with Gasteiger partial charge in [0.1, 0.15) is 24.4 Å². The molecular formula is C20H20O7. The smallest absolute Gasteiger partial charge is 0.229 e. The van der Waals surface area contributed by atoms with Crippen LogP contribution >= 0.6 is 0 Å².